The summed E-state index contributed by atoms with van der Waals surface area (Å²) in [6, 6.07) is 16.2. The number of piperidine rings is 1. The maximum atomic E-state index is 12.4. The van der Waals surface area contributed by atoms with Crippen LogP contribution in [0.25, 0.3) is 11.1 Å². The molecule has 0 spiro atoms. The van der Waals surface area contributed by atoms with Crippen LogP contribution in [-0.2, 0) is 9.53 Å². The van der Waals surface area contributed by atoms with E-state index in [2.05, 4.69) is 22.8 Å². The fraction of sp³-hybridized carbons (Fsp3) is 0.333. The zero-order valence-electron chi connectivity index (χ0n) is 14.9. The summed E-state index contributed by atoms with van der Waals surface area (Å²) in [5.41, 5.74) is 3.31. The number of amides is 1. The fourth-order valence-electron chi connectivity index (χ4n) is 4.08. The van der Waals surface area contributed by atoms with Gasteiger partial charge < -0.3 is 20.5 Å². The number of carboxylic acid groups (broad SMARTS) is 1. The average Bonchev–Trinajstić information content (AvgIpc) is 3.01. The molecule has 1 saturated heterocycles. The summed E-state index contributed by atoms with van der Waals surface area (Å²) in [6.07, 6.45) is 0.000141. The van der Waals surface area contributed by atoms with Crippen LogP contribution >= 0.6 is 0 Å². The van der Waals surface area contributed by atoms with E-state index in [1.54, 1.807) is 0 Å². The van der Waals surface area contributed by atoms with Gasteiger partial charge in [0.1, 0.15) is 12.1 Å². The van der Waals surface area contributed by atoms with Gasteiger partial charge in [0.05, 0.1) is 0 Å². The summed E-state index contributed by atoms with van der Waals surface area (Å²) in [7, 11) is 0. The largest absolute Gasteiger partial charge is 0.480 e. The van der Waals surface area contributed by atoms with Crippen LogP contribution in [0.3, 0.4) is 0 Å². The van der Waals surface area contributed by atoms with Crippen LogP contribution in [-0.4, -0.2) is 42.4 Å². The van der Waals surface area contributed by atoms with Crippen molar-refractivity contribution in [3.8, 4) is 11.1 Å². The molecule has 6 heteroatoms. The highest BCUT2D eigenvalue weighted by atomic mass is 16.5. The van der Waals surface area contributed by atoms with Gasteiger partial charge in [-0.1, -0.05) is 48.5 Å². The lowest BCUT2D eigenvalue weighted by atomic mass is 9.88. The smallest absolute Gasteiger partial charge is 0.408 e. The lowest BCUT2D eigenvalue weighted by Gasteiger charge is -2.34. The molecule has 2 aliphatic rings. The molecule has 1 heterocycles. The molecule has 27 heavy (non-hydrogen) atoms. The minimum absolute atomic E-state index is 0.0445. The van der Waals surface area contributed by atoms with Crippen LogP contribution < -0.4 is 10.6 Å². The van der Waals surface area contributed by atoms with Gasteiger partial charge in [0.25, 0.3) is 0 Å². The molecule has 2 aromatic rings. The highest BCUT2D eigenvalue weighted by molar-refractivity contribution is 5.84. The number of hydrogen-bond donors (Lipinski definition) is 3. The van der Waals surface area contributed by atoms with Gasteiger partial charge in [-0.05, 0) is 48.2 Å². The Kier molecular flexibility index (Phi) is 4.58. The first-order valence-corrected chi connectivity index (χ1v) is 9.18. The summed E-state index contributed by atoms with van der Waals surface area (Å²) in [6.45, 7) is 1.28. The number of hydrogen-bond acceptors (Lipinski definition) is 4. The summed E-state index contributed by atoms with van der Waals surface area (Å²) in [5, 5.41) is 15.3. The van der Waals surface area contributed by atoms with Crippen molar-refractivity contribution in [3.05, 3.63) is 59.7 Å². The highest BCUT2D eigenvalue weighted by Gasteiger charge is 2.41. The maximum Gasteiger partial charge on any atom is 0.408 e. The minimum Gasteiger partial charge on any atom is -0.480 e. The highest BCUT2D eigenvalue weighted by Crippen LogP contribution is 2.44. The predicted molar refractivity (Wildman–Crippen MR) is 101 cm³/mol. The van der Waals surface area contributed by atoms with Gasteiger partial charge >= 0.3 is 12.1 Å². The number of benzene rings is 2. The van der Waals surface area contributed by atoms with Gasteiger partial charge in [0.15, 0.2) is 0 Å². The van der Waals surface area contributed by atoms with Gasteiger partial charge in [-0.25, -0.2) is 9.59 Å². The summed E-state index contributed by atoms with van der Waals surface area (Å²) in [4.78, 5) is 24.1. The molecule has 1 aliphatic carbocycles. The standard InChI is InChI=1S/C21H22N2O4/c24-19(25)21(9-11-22-12-10-21)23-20(26)27-13-18-16-7-3-1-5-14(16)15-6-2-4-8-17(15)18/h1-8,18,22H,9-13H2,(H,23,26)(H,24,25). The first-order valence-electron chi connectivity index (χ1n) is 9.18. The third-order valence-corrected chi connectivity index (χ3v) is 5.55. The third-order valence-electron chi connectivity index (χ3n) is 5.55. The zero-order chi connectivity index (χ0) is 18.9. The summed E-state index contributed by atoms with van der Waals surface area (Å²) >= 11 is 0. The van der Waals surface area contributed by atoms with Gasteiger partial charge in [-0.3, -0.25) is 0 Å². The second kappa shape index (κ2) is 7.04. The monoisotopic (exact) mass is 366 g/mol. The molecule has 0 bridgehead atoms. The van der Waals surface area contributed by atoms with Gasteiger partial charge in [-0.15, -0.1) is 0 Å². The van der Waals surface area contributed by atoms with Crippen molar-refractivity contribution in [2.24, 2.45) is 0 Å². The van der Waals surface area contributed by atoms with Gasteiger partial charge in [0, 0.05) is 5.92 Å². The molecule has 2 aromatic carbocycles. The van der Waals surface area contributed by atoms with Crippen LogP contribution in [0.15, 0.2) is 48.5 Å². The molecule has 1 fully saturated rings. The van der Waals surface area contributed by atoms with Gasteiger partial charge in [0.2, 0.25) is 0 Å². The van der Waals surface area contributed by atoms with E-state index in [1.807, 2.05) is 36.4 Å². The van der Waals surface area contributed by atoms with Crippen molar-refractivity contribution in [2.45, 2.75) is 24.3 Å². The van der Waals surface area contributed by atoms with Crippen molar-refractivity contribution in [1.29, 1.82) is 0 Å². The molecule has 1 aliphatic heterocycles. The zero-order valence-corrected chi connectivity index (χ0v) is 14.9. The van der Waals surface area contributed by atoms with Crippen molar-refractivity contribution < 1.29 is 19.4 Å². The Bertz CT molecular complexity index is 828. The van der Waals surface area contributed by atoms with Crippen LogP contribution in [0.4, 0.5) is 4.79 Å². The summed E-state index contributed by atoms with van der Waals surface area (Å²) < 4.78 is 5.48. The molecule has 0 aromatic heterocycles. The van der Waals surface area contributed by atoms with Crippen molar-refractivity contribution in [2.75, 3.05) is 19.7 Å². The van der Waals surface area contributed by atoms with Crippen molar-refractivity contribution in [1.82, 2.24) is 10.6 Å². The Morgan fingerprint density at radius 1 is 1.04 bits per heavy atom. The Labute approximate surface area is 157 Å². The lowest BCUT2D eigenvalue weighted by molar-refractivity contribution is -0.145. The molecule has 0 unspecified atom stereocenters. The molecule has 6 nitrogen and oxygen atoms in total. The SMILES string of the molecule is O=C(NC1(C(=O)O)CCNCC1)OCC1c2ccccc2-c2ccccc21. The number of ether oxygens (including phenoxy) is 1. The van der Waals surface area contributed by atoms with E-state index in [9.17, 15) is 14.7 Å². The van der Waals surface area contributed by atoms with Gasteiger partial charge in [-0.2, -0.15) is 0 Å². The molecule has 0 atom stereocenters. The van der Waals surface area contributed by atoms with Crippen molar-refractivity contribution >= 4 is 12.1 Å². The Hall–Kier alpha value is -2.86. The topological polar surface area (TPSA) is 87.7 Å². The third kappa shape index (κ3) is 3.17. The van der Waals surface area contributed by atoms with E-state index < -0.39 is 17.6 Å². The van der Waals surface area contributed by atoms with E-state index >= 15 is 0 Å². The van der Waals surface area contributed by atoms with E-state index in [1.165, 1.54) is 0 Å². The number of alkyl carbamates (subject to hydrolysis) is 1. The molecule has 0 radical (unpaired) electrons. The first kappa shape index (κ1) is 17.5. The minimum atomic E-state index is -1.26. The lowest BCUT2D eigenvalue weighted by Crippen LogP contribution is -2.59. The number of fused-ring (bicyclic) bond motifs is 3. The Morgan fingerprint density at radius 2 is 1.59 bits per heavy atom. The van der Waals surface area contributed by atoms with Crippen LogP contribution in [0.1, 0.15) is 29.9 Å². The maximum absolute atomic E-state index is 12.4. The molecular weight excluding hydrogens is 344 g/mol. The number of rotatable bonds is 4. The Balaban J connectivity index is 1.49. The van der Waals surface area contributed by atoms with Crippen LogP contribution in [0, 0.1) is 0 Å². The first-order chi connectivity index (χ1) is 13.1. The number of aliphatic carboxylic acids is 1. The van der Waals surface area contributed by atoms with E-state index in [4.69, 9.17) is 4.74 Å². The second-order valence-electron chi connectivity index (χ2n) is 7.09. The number of carbonyl (C=O) groups excluding carboxylic acids is 1. The second-order valence-corrected chi connectivity index (χ2v) is 7.09. The number of nitrogens with one attached hydrogen (secondary N) is 2. The fourth-order valence-corrected chi connectivity index (χ4v) is 4.08. The van der Waals surface area contributed by atoms with Crippen LogP contribution in [0.5, 0.6) is 0 Å². The van der Waals surface area contributed by atoms with E-state index in [-0.39, 0.29) is 12.5 Å². The molecule has 0 saturated carbocycles. The summed E-state index contributed by atoms with van der Waals surface area (Å²) in [5.74, 6) is -1.06. The van der Waals surface area contributed by atoms with Crippen LogP contribution in [0.2, 0.25) is 0 Å². The molecule has 4 rings (SSSR count). The molecule has 1 amide bonds. The molecule has 140 valence electrons. The number of carboxylic acids is 1. The van der Waals surface area contributed by atoms with E-state index in [0.717, 1.165) is 22.3 Å². The van der Waals surface area contributed by atoms with E-state index in [0.29, 0.717) is 25.9 Å². The molecular formula is C21H22N2O4. The van der Waals surface area contributed by atoms with Crippen molar-refractivity contribution in [3.63, 3.8) is 0 Å². The average molecular weight is 366 g/mol. The predicted octanol–water partition coefficient (Wildman–Crippen LogP) is 2.73. The number of carbonyl (C=O) groups is 2. The molecule has 3 N–H and O–H groups in total. The quantitative estimate of drug-likeness (QED) is 0.774. The normalized spacial score (nSPS) is 17.6. The Morgan fingerprint density at radius 3 is 2.15 bits per heavy atom.